The highest BCUT2D eigenvalue weighted by Crippen LogP contribution is 2.23. The smallest absolute Gasteiger partial charge is 0.218 e. The second kappa shape index (κ2) is 6.70. The molecule has 0 fully saturated rings. The van der Waals surface area contributed by atoms with Gasteiger partial charge in [0.25, 0.3) is 0 Å². The average Bonchev–Trinajstić information content (AvgIpc) is 2.93. The van der Waals surface area contributed by atoms with Crippen LogP contribution in [0.25, 0.3) is 5.65 Å². The number of aromatic nitrogens is 4. The molecule has 3 rings (SSSR count). The Morgan fingerprint density at radius 3 is 2.91 bits per heavy atom. The molecule has 3 aromatic rings. The molecule has 0 atom stereocenters. The number of fused-ring (bicyclic) bond motifs is 1. The Bertz CT molecular complexity index is 785. The third kappa shape index (κ3) is 3.17. The van der Waals surface area contributed by atoms with Gasteiger partial charge in [-0.2, -0.15) is 9.61 Å². The largest absolute Gasteiger partial charge is 0.473 e. The number of nitrogens with zero attached hydrogens (tertiary/aromatic N) is 4. The molecule has 0 amide bonds. The van der Waals surface area contributed by atoms with Crippen molar-refractivity contribution in [1.29, 1.82) is 0 Å². The first-order chi connectivity index (χ1) is 10.8. The maximum Gasteiger partial charge on any atom is 0.218 e. The minimum atomic E-state index is 0.458. The molecule has 3 heterocycles. The maximum absolute atomic E-state index is 5.93. The number of pyridine rings is 1. The third-order valence-corrected chi connectivity index (χ3v) is 3.75. The number of halogens is 1. The standard InChI is InChI=1S/C16H15BrN4O/c1-2-3-4-13-9-15(21-16(20-13)14(17)10-19-21)22-11-12-5-7-18-8-6-12/h2,5-10H,1,3-4,11H2. The molecule has 0 saturated heterocycles. The van der Waals surface area contributed by atoms with Crippen molar-refractivity contribution in [3.8, 4) is 5.88 Å². The quantitative estimate of drug-likeness (QED) is 0.632. The predicted octanol–water partition coefficient (Wildman–Crippen LogP) is 3.58. The monoisotopic (exact) mass is 358 g/mol. The van der Waals surface area contributed by atoms with Crippen LogP contribution in [-0.2, 0) is 13.0 Å². The first kappa shape index (κ1) is 14.7. The van der Waals surface area contributed by atoms with E-state index in [1.54, 1.807) is 23.1 Å². The van der Waals surface area contributed by atoms with Gasteiger partial charge in [-0.1, -0.05) is 6.08 Å². The number of allylic oxidation sites excluding steroid dienone is 1. The summed E-state index contributed by atoms with van der Waals surface area (Å²) in [6.45, 7) is 4.21. The van der Waals surface area contributed by atoms with Crippen LogP contribution in [0.2, 0.25) is 0 Å². The van der Waals surface area contributed by atoms with E-state index in [9.17, 15) is 0 Å². The molecule has 0 unspecified atom stereocenters. The van der Waals surface area contributed by atoms with Crippen LogP contribution in [-0.4, -0.2) is 19.6 Å². The lowest BCUT2D eigenvalue weighted by molar-refractivity contribution is 0.285. The van der Waals surface area contributed by atoms with Gasteiger partial charge < -0.3 is 4.74 Å². The number of aryl methyl sites for hydroxylation is 1. The van der Waals surface area contributed by atoms with E-state index in [2.05, 4.69) is 37.6 Å². The van der Waals surface area contributed by atoms with Crippen LogP contribution in [0.15, 0.2) is 53.9 Å². The van der Waals surface area contributed by atoms with Gasteiger partial charge >= 0.3 is 0 Å². The van der Waals surface area contributed by atoms with E-state index in [0.29, 0.717) is 12.5 Å². The van der Waals surface area contributed by atoms with Crippen molar-refractivity contribution in [2.24, 2.45) is 0 Å². The van der Waals surface area contributed by atoms with E-state index in [0.717, 1.165) is 34.2 Å². The Morgan fingerprint density at radius 2 is 2.14 bits per heavy atom. The van der Waals surface area contributed by atoms with Gasteiger partial charge in [-0.05, 0) is 46.5 Å². The van der Waals surface area contributed by atoms with E-state index >= 15 is 0 Å². The first-order valence-electron chi connectivity index (χ1n) is 6.93. The summed E-state index contributed by atoms with van der Waals surface area (Å²) < 4.78 is 8.47. The first-order valence-corrected chi connectivity index (χ1v) is 7.73. The molecule has 0 aliphatic rings. The molecule has 0 radical (unpaired) electrons. The van der Waals surface area contributed by atoms with Crippen molar-refractivity contribution in [1.82, 2.24) is 19.6 Å². The van der Waals surface area contributed by atoms with Crippen LogP contribution in [0.1, 0.15) is 17.7 Å². The fourth-order valence-corrected chi connectivity index (χ4v) is 2.42. The van der Waals surface area contributed by atoms with Crippen molar-refractivity contribution in [3.63, 3.8) is 0 Å². The van der Waals surface area contributed by atoms with Gasteiger partial charge in [0.2, 0.25) is 5.88 Å². The third-order valence-electron chi connectivity index (χ3n) is 3.19. The molecule has 6 heteroatoms. The SMILES string of the molecule is C=CCCc1cc(OCc2ccncc2)n2ncc(Br)c2n1. The van der Waals surface area contributed by atoms with Gasteiger partial charge in [0.05, 0.1) is 10.7 Å². The summed E-state index contributed by atoms with van der Waals surface area (Å²) >= 11 is 3.47. The maximum atomic E-state index is 5.93. The summed E-state index contributed by atoms with van der Waals surface area (Å²) in [6.07, 6.45) is 8.80. The van der Waals surface area contributed by atoms with E-state index < -0.39 is 0 Å². The Morgan fingerprint density at radius 1 is 1.32 bits per heavy atom. The Kier molecular flexibility index (Phi) is 4.48. The molecule has 0 spiro atoms. The molecule has 0 bridgehead atoms. The molecule has 112 valence electrons. The number of hydrogen-bond acceptors (Lipinski definition) is 4. The van der Waals surface area contributed by atoms with Crippen molar-refractivity contribution in [3.05, 3.63) is 65.2 Å². The zero-order chi connectivity index (χ0) is 15.4. The highest BCUT2D eigenvalue weighted by atomic mass is 79.9. The number of rotatable bonds is 6. The van der Waals surface area contributed by atoms with E-state index in [1.807, 2.05) is 24.3 Å². The average molecular weight is 359 g/mol. The highest BCUT2D eigenvalue weighted by molar-refractivity contribution is 9.10. The number of ether oxygens (including phenoxy) is 1. The molecular weight excluding hydrogens is 344 g/mol. The Labute approximate surface area is 136 Å². The topological polar surface area (TPSA) is 52.3 Å². The van der Waals surface area contributed by atoms with Crippen LogP contribution in [0.4, 0.5) is 0 Å². The summed E-state index contributed by atoms with van der Waals surface area (Å²) in [5.41, 5.74) is 2.77. The molecule has 0 aromatic carbocycles. The molecule has 5 nitrogen and oxygen atoms in total. The Hall–Kier alpha value is -2.21. The molecule has 0 saturated carbocycles. The Balaban J connectivity index is 1.90. The summed E-state index contributed by atoms with van der Waals surface area (Å²) in [5, 5.41) is 4.30. The fourth-order valence-electron chi connectivity index (χ4n) is 2.07. The van der Waals surface area contributed by atoms with E-state index in [1.165, 1.54) is 0 Å². The minimum Gasteiger partial charge on any atom is -0.473 e. The van der Waals surface area contributed by atoms with E-state index in [-0.39, 0.29) is 0 Å². The van der Waals surface area contributed by atoms with Crippen molar-refractivity contribution in [2.45, 2.75) is 19.4 Å². The zero-order valence-electron chi connectivity index (χ0n) is 11.9. The second-order valence-corrected chi connectivity index (χ2v) is 5.64. The summed E-state index contributed by atoms with van der Waals surface area (Å²) in [4.78, 5) is 8.61. The van der Waals surface area contributed by atoms with Gasteiger partial charge in [-0.15, -0.1) is 6.58 Å². The van der Waals surface area contributed by atoms with Gasteiger partial charge in [0, 0.05) is 24.2 Å². The molecule has 0 N–H and O–H groups in total. The molecular formula is C16H15BrN4O. The lowest BCUT2D eigenvalue weighted by atomic mass is 10.2. The van der Waals surface area contributed by atoms with Crippen LogP contribution in [0.3, 0.4) is 0 Å². The molecule has 0 aliphatic carbocycles. The fraction of sp³-hybridized carbons (Fsp3) is 0.188. The molecule has 3 aromatic heterocycles. The molecule has 0 aliphatic heterocycles. The summed E-state index contributed by atoms with van der Waals surface area (Å²) in [5.74, 6) is 0.673. The van der Waals surface area contributed by atoms with Crippen molar-refractivity contribution < 1.29 is 4.74 Å². The van der Waals surface area contributed by atoms with Crippen LogP contribution >= 0.6 is 15.9 Å². The van der Waals surface area contributed by atoms with Gasteiger partial charge in [-0.3, -0.25) is 4.98 Å². The van der Waals surface area contributed by atoms with E-state index in [4.69, 9.17) is 4.74 Å². The van der Waals surface area contributed by atoms with Crippen molar-refractivity contribution >= 4 is 21.6 Å². The predicted molar refractivity (Wildman–Crippen MR) is 87.8 cm³/mol. The number of hydrogen-bond donors (Lipinski definition) is 0. The lowest BCUT2D eigenvalue weighted by Gasteiger charge is -2.10. The molecule has 22 heavy (non-hydrogen) atoms. The minimum absolute atomic E-state index is 0.458. The summed E-state index contributed by atoms with van der Waals surface area (Å²) in [7, 11) is 0. The normalized spacial score (nSPS) is 10.8. The van der Waals surface area contributed by atoms with Crippen LogP contribution in [0.5, 0.6) is 5.88 Å². The summed E-state index contributed by atoms with van der Waals surface area (Å²) in [6, 6.07) is 5.78. The van der Waals surface area contributed by atoms with Crippen LogP contribution < -0.4 is 4.74 Å². The van der Waals surface area contributed by atoms with Crippen LogP contribution in [0, 0.1) is 0 Å². The van der Waals surface area contributed by atoms with Gasteiger partial charge in [-0.25, -0.2) is 4.98 Å². The second-order valence-electron chi connectivity index (χ2n) is 4.79. The van der Waals surface area contributed by atoms with Gasteiger partial charge in [0.15, 0.2) is 5.65 Å². The highest BCUT2D eigenvalue weighted by Gasteiger charge is 2.11. The van der Waals surface area contributed by atoms with Gasteiger partial charge in [0.1, 0.15) is 6.61 Å². The lowest BCUT2D eigenvalue weighted by Crippen LogP contribution is -2.04. The zero-order valence-corrected chi connectivity index (χ0v) is 13.5. The van der Waals surface area contributed by atoms with Crippen molar-refractivity contribution in [2.75, 3.05) is 0 Å².